The minimum Gasteiger partial charge on any atom is -0.380 e. The zero-order chi connectivity index (χ0) is 15.4. The molecule has 0 radical (unpaired) electrons. The lowest BCUT2D eigenvalue weighted by atomic mass is 10.2. The van der Waals surface area contributed by atoms with Crippen LogP contribution in [0, 0.1) is 0 Å². The van der Waals surface area contributed by atoms with E-state index in [2.05, 4.69) is 25.4 Å². The fraction of sp³-hybridized carbons (Fsp3) is 0.400. The Bertz CT molecular complexity index is 668. The fourth-order valence-corrected chi connectivity index (χ4v) is 2.58. The van der Waals surface area contributed by atoms with Gasteiger partial charge in [0.25, 0.3) is 0 Å². The molecule has 7 heteroatoms. The summed E-state index contributed by atoms with van der Waals surface area (Å²) in [4.78, 5) is 12.0. The first-order valence-electron chi connectivity index (χ1n) is 7.30. The van der Waals surface area contributed by atoms with Crippen LogP contribution in [0.1, 0.15) is 23.6 Å². The standard InChI is InChI=1S/C15H19N5O2/c1-22-10-11-4-2-5-12(8-11)17-15(21)16-9-14-19-18-13-6-3-7-20(13)14/h2,4-5,8H,3,6-7,9-10H2,1H3,(H2,16,17,21). The lowest BCUT2D eigenvalue weighted by Crippen LogP contribution is -2.29. The number of hydrogen-bond acceptors (Lipinski definition) is 4. The molecule has 0 unspecified atom stereocenters. The second-order valence-corrected chi connectivity index (χ2v) is 5.23. The van der Waals surface area contributed by atoms with Crippen molar-refractivity contribution in [1.29, 1.82) is 0 Å². The molecule has 0 spiro atoms. The molecule has 0 saturated carbocycles. The van der Waals surface area contributed by atoms with Crippen LogP contribution in [-0.4, -0.2) is 27.9 Å². The van der Waals surface area contributed by atoms with E-state index in [4.69, 9.17) is 4.74 Å². The molecular weight excluding hydrogens is 282 g/mol. The summed E-state index contributed by atoms with van der Waals surface area (Å²) in [5.74, 6) is 1.81. The van der Waals surface area contributed by atoms with Gasteiger partial charge in [0.15, 0.2) is 5.82 Å². The molecular formula is C15H19N5O2. The van der Waals surface area contributed by atoms with E-state index in [1.807, 2.05) is 24.3 Å². The molecule has 0 aliphatic carbocycles. The number of nitrogens with zero attached hydrogens (tertiary/aromatic N) is 3. The van der Waals surface area contributed by atoms with E-state index in [1.54, 1.807) is 7.11 Å². The van der Waals surface area contributed by atoms with E-state index in [0.717, 1.165) is 42.3 Å². The molecule has 7 nitrogen and oxygen atoms in total. The van der Waals surface area contributed by atoms with Crippen LogP contribution in [0.25, 0.3) is 0 Å². The van der Waals surface area contributed by atoms with Crippen molar-refractivity contribution >= 4 is 11.7 Å². The lowest BCUT2D eigenvalue weighted by molar-refractivity contribution is 0.185. The molecule has 3 rings (SSSR count). The summed E-state index contributed by atoms with van der Waals surface area (Å²) in [5, 5.41) is 13.8. The van der Waals surface area contributed by atoms with E-state index in [0.29, 0.717) is 13.2 Å². The summed E-state index contributed by atoms with van der Waals surface area (Å²) >= 11 is 0. The van der Waals surface area contributed by atoms with Gasteiger partial charge in [-0.2, -0.15) is 0 Å². The number of aromatic nitrogens is 3. The molecule has 22 heavy (non-hydrogen) atoms. The van der Waals surface area contributed by atoms with Crippen molar-refractivity contribution in [1.82, 2.24) is 20.1 Å². The van der Waals surface area contributed by atoms with Crippen LogP contribution in [0.15, 0.2) is 24.3 Å². The zero-order valence-corrected chi connectivity index (χ0v) is 12.5. The summed E-state index contributed by atoms with van der Waals surface area (Å²) in [7, 11) is 1.64. The highest BCUT2D eigenvalue weighted by Crippen LogP contribution is 2.14. The predicted molar refractivity (Wildman–Crippen MR) is 81.4 cm³/mol. The maximum absolute atomic E-state index is 12.0. The number of benzene rings is 1. The molecule has 0 saturated heterocycles. The van der Waals surface area contributed by atoms with Gasteiger partial charge in [-0.05, 0) is 24.1 Å². The lowest BCUT2D eigenvalue weighted by Gasteiger charge is -2.09. The third-order valence-electron chi connectivity index (χ3n) is 3.59. The molecule has 2 amide bonds. The van der Waals surface area contributed by atoms with E-state index < -0.39 is 0 Å². The van der Waals surface area contributed by atoms with Crippen molar-refractivity contribution in [2.24, 2.45) is 0 Å². The van der Waals surface area contributed by atoms with Gasteiger partial charge in [-0.15, -0.1) is 10.2 Å². The van der Waals surface area contributed by atoms with Crippen LogP contribution in [-0.2, 0) is 30.9 Å². The second kappa shape index (κ2) is 6.57. The average molecular weight is 301 g/mol. The topological polar surface area (TPSA) is 81.1 Å². The number of hydrogen-bond donors (Lipinski definition) is 2. The predicted octanol–water partition coefficient (Wildman–Crippen LogP) is 1.69. The largest absolute Gasteiger partial charge is 0.380 e. The Kier molecular flexibility index (Phi) is 4.34. The van der Waals surface area contributed by atoms with Gasteiger partial charge < -0.3 is 19.9 Å². The Morgan fingerprint density at radius 2 is 2.32 bits per heavy atom. The van der Waals surface area contributed by atoms with Crippen molar-refractivity contribution in [2.75, 3.05) is 12.4 Å². The molecule has 1 aromatic carbocycles. The molecule has 1 aliphatic rings. The summed E-state index contributed by atoms with van der Waals surface area (Å²) in [6.07, 6.45) is 2.06. The number of aryl methyl sites for hydroxylation is 1. The van der Waals surface area contributed by atoms with Gasteiger partial charge >= 0.3 is 6.03 Å². The number of nitrogens with one attached hydrogen (secondary N) is 2. The summed E-state index contributed by atoms with van der Waals surface area (Å²) in [6.45, 7) is 1.82. The molecule has 2 heterocycles. The van der Waals surface area contributed by atoms with Gasteiger partial charge in [-0.1, -0.05) is 12.1 Å². The number of ether oxygens (including phenoxy) is 1. The van der Waals surface area contributed by atoms with Gasteiger partial charge in [0.1, 0.15) is 5.82 Å². The summed E-state index contributed by atoms with van der Waals surface area (Å²) in [6, 6.07) is 7.30. The highest BCUT2D eigenvalue weighted by molar-refractivity contribution is 5.89. The Balaban J connectivity index is 1.55. The molecule has 2 aromatic rings. The summed E-state index contributed by atoms with van der Waals surface area (Å²) in [5.41, 5.74) is 1.74. The number of urea groups is 1. The third-order valence-corrected chi connectivity index (χ3v) is 3.59. The molecule has 1 aliphatic heterocycles. The maximum atomic E-state index is 12.0. The highest BCUT2D eigenvalue weighted by atomic mass is 16.5. The normalized spacial score (nSPS) is 13.0. The van der Waals surface area contributed by atoms with E-state index >= 15 is 0 Å². The van der Waals surface area contributed by atoms with Crippen molar-refractivity contribution in [2.45, 2.75) is 32.5 Å². The highest BCUT2D eigenvalue weighted by Gasteiger charge is 2.17. The number of anilines is 1. The quantitative estimate of drug-likeness (QED) is 0.880. The molecule has 0 bridgehead atoms. The van der Waals surface area contributed by atoms with Crippen LogP contribution >= 0.6 is 0 Å². The summed E-state index contributed by atoms with van der Waals surface area (Å²) < 4.78 is 7.15. The molecule has 0 fully saturated rings. The molecule has 1 aromatic heterocycles. The first-order valence-corrected chi connectivity index (χ1v) is 7.30. The van der Waals surface area contributed by atoms with Crippen LogP contribution in [0.4, 0.5) is 10.5 Å². The zero-order valence-electron chi connectivity index (χ0n) is 12.5. The molecule has 0 atom stereocenters. The Morgan fingerprint density at radius 1 is 1.41 bits per heavy atom. The number of methoxy groups -OCH3 is 1. The SMILES string of the molecule is COCc1cccc(NC(=O)NCc2nnc3n2CCC3)c1. The van der Waals surface area contributed by atoms with E-state index in [-0.39, 0.29) is 6.03 Å². The molecule has 2 N–H and O–H groups in total. The first kappa shape index (κ1) is 14.5. The van der Waals surface area contributed by atoms with Gasteiger partial charge in [0, 0.05) is 25.8 Å². The minimum absolute atomic E-state index is 0.259. The Hall–Kier alpha value is -2.41. The minimum atomic E-state index is -0.259. The van der Waals surface area contributed by atoms with E-state index in [9.17, 15) is 4.79 Å². The van der Waals surface area contributed by atoms with Gasteiger partial charge in [0.2, 0.25) is 0 Å². The van der Waals surface area contributed by atoms with Crippen molar-refractivity contribution < 1.29 is 9.53 Å². The van der Waals surface area contributed by atoms with Gasteiger partial charge in [-0.3, -0.25) is 0 Å². The van der Waals surface area contributed by atoms with Crippen molar-refractivity contribution in [3.63, 3.8) is 0 Å². The van der Waals surface area contributed by atoms with E-state index in [1.165, 1.54) is 0 Å². The number of fused-ring (bicyclic) bond motifs is 1. The number of carbonyl (C=O) groups excluding carboxylic acids is 1. The smallest absolute Gasteiger partial charge is 0.319 e. The van der Waals surface area contributed by atoms with Crippen LogP contribution in [0.2, 0.25) is 0 Å². The molecule has 116 valence electrons. The fourth-order valence-electron chi connectivity index (χ4n) is 2.58. The van der Waals surface area contributed by atoms with Crippen molar-refractivity contribution in [3.8, 4) is 0 Å². The average Bonchev–Trinajstić information content (AvgIpc) is 3.09. The number of rotatable bonds is 5. The van der Waals surface area contributed by atoms with Crippen molar-refractivity contribution in [3.05, 3.63) is 41.5 Å². The third kappa shape index (κ3) is 3.25. The van der Waals surface area contributed by atoms with Crippen LogP contribution in [0.3, 0.4) is 0 Å². The maximum Gasteiger partial charge on any atom is 0.319 e. The first-order chi connectivity index (χ1) is 10.8. The van der Waals surface area contributed by atoms with Crippen LogP contribution < -0.4 is 10.6 Å². The second-order valence-electron chi connectivity index (χ2n) is 5.23. The van der Waals surface area contributed by atoms with Gasteiger partial charge in [0.05, 0.1) is 13.2 Å². The van der Waals surface area contributed by atoms with Gasteiger partial charge in [-0.25, -0.2) is 4.79 Å². The number of amides is 2. The van der Waals surface area contributed by atoms with Crippen LogP contribution in [0.5, 0.6) is 0 Å². The Labute approximate surface area is 128 Å². The number of carbonyl (C=O) groups is 1. The monoisotopic (exact) mass is 301 g/mol. The Morgan fingerprint density at radius 3 is 3.18 bits per heavy atom.